The lowest BCUT2D eigenvalue weighted by Gasteiger charge is -2.25. The van der Waals surface area contributed by atoms with Crippen LogP contribution in [0.25, 0.3) is 10.9 Å². The summed E-state index contributed by atoms with van der Waals surface area (Å²) in [4.78, 5) is 23.6. The molecule has 0 bridgehead atoms. The number of nitrogens with one attached hydrogen (secondary N) is 2. The second-order valence-corrected chi connectivity index (χ2v) is 9.33. The number of carbonyl (C=O) groups is 1. The number of methoxy groups -OCH3 is 1. The SMILES string of the molecule is COCCN(C)CC=CC(=O)Nc1cc2c(Nc3ccc(F)c(Cl)c3)ncnc2cc1OC1CCOCC1. The maximum Gasteiger partial charge on any atom is 0.248 e. The van der Waals surface area contributed by atoms with E-state index < -0.39 is 5.82 Å². The Morgan fingerprint density at radius 2 is 2.08 bits per heavy atom. The summed E-state index contributed by atoms with van der Waals surface area (Å²) in [5.74, 6) is 0.180. The first-order valence-corrected chi connectivity index (χ1v) is 12.7. The van der Waals surface area contributed by atoms with E-state index in [-0.39, 0.29) is 17.0 Å². The van der Waals surface area contributed by atoms with Crippen molar-refractivity contribution in [2.45, 2.75) is 18.9 Å². The van der Waals surface area contributed by atoms with Crippen LogP contribution in [0.1, 0.15) is 12.8 Å². The van der Waals surface area contributed by atoms with Gasteiger partial charge in [-0.25, -0.2) is 14.4 Å². The summed E-state index contributed by atoms with van der Waals surface area (Å²) in [5.41, 5.74) is 1.66. The Labute approximate surface area is 225 Å². The molecule has 0 aliphatic carbocycles. The number of anilines is 3. The lowest BCUT2D eigenvalue weighted by Crippen LogP contribution is -2.26. The third-order valence-corrected chi connectivity index (χ3v) is 6.29. The van der Waals surface area contributed by atoms with Crippen molar-refractivity contribution < 1.29 is 23.4 Å². The van der Waals surface area contributed by atoms with Crippen LogP contribution in [0, 0.1) is 5.82 Å². The molecule has 2 heterocycles. The van der Waals surface area contributed by atoms with Gasteiger partial charge in [-0.2, -0.15) is 0 Å². The molecule has 1 saturated heterocycles. The minimum absolute atomic E-state index is 0.00638. The lowest BCUT2D eigenvalue weighted by atomic mass is 10.1. The summed E-state index contributed by atoms with van der Waals surface area (Å²) in [6.07, 6.45) is 6.17. The van der Waals surface area contributed by atoms with Crippen molar-refractivity contribution in [2.24, 2.45) is 0 Å². The number of halogens is 2. The lowest BCUT2D eigenvalue weighted by molar-refractivity contribution is -0.111. The molecule has 0 radical (unpaired) electrons. The monoisotopic (exact) mass is 543 g/mol. The highest BCUT2D eigenvalue weighted by Gasteiger charge is 2.19. The topological polar surface area (TPSA) is 97.8 Å². The van der Waals surface area contributed by atoms with E-state index in [1.807, 2.05) is 11.9 Å². The predicted octanol–water partition coefficient (Wildman–Crippen LogP) is 4.80. The van der Waals surface area contributed by atoms with Gasteiger partial charge in [0.25, 0.3) is 0 Å². The molecule has 0 saturated carbocycles. The molecule has 1 aliphatic rings. The number of carbonyl (C=O) groups excluding carboxylic acids is 1. The molecule has 0 spiro atoms. The number of likely N-dealkylation sites (N-methyl/N-ethyl adjacent to an activating group) is 1. The number of rotatable bonds is 11. The zero-order valence-corrected chi connectivity index (χ0v) is 22.1. The normalized spacial score (nSPS) is 14.3. The highest BCUT2D eigenvalue weighted by molar-refractivity contribution is 6.31. The van der Waals surface area contributed by atoms with Crippen LogP contribution in [0.4, 0.5) is 21.6 Å². The van der Waals surface area contributed by atoms with Crippen LogP contribution in [0.2, 0.25) is 5.02 Å². The van der Waals surface area contributed by atoms with Crippen molar-refractivity contribution in [3.05, 3.63) is 59.7 Å². The summed E-state index contributed by atoms with van der Waals surface area (Å²) in [6.45, 7) is 3.21. The Hall–Kier alpha value is -3.31. The highest BCUT2D eigenvalue weighted by Crippen LogP contribution is 2.35. The summed E-state index contributed by atoms with van der Waals surface area (Å²) >= 11 is 5.94. The second kappa shape index (κ2) is 13.5. The summed E-state index contributed by atoms with van der Waals surface area (Å²) in [6, 6.07) is 7.87. The van der Waals surface area contributed by atoms with E-state index in [1.165, 1.54) is 24.5 Å². The Morgan fingerprint density at radius 1 is 1.26 bits per heavy atom. The first kappa shape index (κ1) is 27.7. The second-order valence-electron chi connectivity index (χ2n) is 8.92. The van der Waals surface area contributed by atoms with Crippen molar-refractivity contribution in [1.82, 2.24) is 14.9 Å². The van der Waals surface area contributed by atoms with E-state index >= 15 is 0 Å². The van der Waals surface area contributed by atoms with Crippen LogP contribution in [-0.2, 0) is 14.3 Å². The number of benzene rings is 2. The third kappa shape index (κ3) is 7.61. The van der Waals surface area contributed by atoms with E-state index in [4.69, 9.17) is 25.8 Å². The van der Waals surface area contributed by atoms with Crippen LogP contribution in [-0.4, -0.2) is 73.9 Å². The molecule has 0 unspecified atom stereocenters. The van der Waals surface area contributed by atoms with Crippen molar-refractivity contribution in [1.29, 1.82) is 0 Å². The van der Waals surface area contributed by atoms with Gasteiger partial charge in [0.15, 0.2) is 0 Å². The van der Waals surface area contributed by atoms with Crippen molar-refractivity contribution in [2.75, 3.05) is 57.7 Å². The number of amides is 1. The van der Waals surface area contributed by atoms with Gasteiger partial charge in [-0.1, -0.05) is 17.7 Å². The van der Waals surface area contributed by atoms with Gasteiger partial charge in [-0.15, -0.1) is 0 Å². The van der Waals surface area contributed by atoms with Crippen LogP contribution in [0.15, 0.2) is 48.8 Å². The van der Waals surface area contributed by atoms with Gasteiger partial charge in [-0.3, -0.25) is 4.79 Å². The Balaban J connectivity index is 1.60. The fraction of sp³-hybridized carbons (Fsp3) is 0.370. The molecular weight excluding hydrogens is 513 g/mol. The molecule has 1 aromatic heterocycles. The van der Waals surface area contributed by atoms with Gasteiger partial charge in [0.2, 0.25) is 5.91 Å². The molecular formula is C27H31ClFN5O4. The van der Waals surface area contributed by atoms with Gasteiger partial charge < -0.3 is 29.7 Å². The Kier molecular flexibility index (Phi) is 9.83. The van der Waals surface area contributed by atoms with Crippen molar-refractivity contribution >= 4 is 45.6 Å². The van der Waals surface area contributed by atoms with Gasteiger partial charge in [0, 0.05) is 56.3 Å². The molecule has 11 heteroatoms. The summed E-state index contributed by atoms with van der Waals surface area (Å²) < 4.78 is 30.4. The quantitative estimate of drug-likeness (QED) is 0.333. The molecule has 1 fully saturated rings. The number of aromatic nitrogens is 2. The van der Waals surface area contributed by atoms with Gasteiger partial charge in [-0.05, 0) is 31.3 Å². The average molecular weight is 544 g/mol. The van der Waals surface area contributed by atoms with Crippen LogP contribution in [0.5, 0.6) is 5.75 Å². The van der Waals surface area contributed by atoms with Crippen LogP contribution in [0.3, 0.4) is 0 Å². The van der Waals surface area contributed by atoms with Gasteiger partial charge in [0.05, 0.1) is 36.0 Å². The number of hydrogen-bond donors (Lipinski definition) is 2. The van der Waals surface area contributed by atoms with Crippen LogP contribution < -0.4 is 15.4 Å². The first-order valence-electron chi connectivity index (χ1n) is 12.3. The Morgan fingerprint density at radius 3 is 2.84 bits per heavy atom. The van der Waals surface area contributed by atoms with Crippen molar-refractivity contribution in [3.63, 3.8) is 0 Å². The number of hydrogen-bond acceptors (Lipinski definition) is 8. The standard InChI is InChI=1S/C27H31ClFN5O4/c1-34(10-13-36-2)9-3-4-26(35)33-24-15-20-23(16-25(24)38-19-7-11-37-12-8-19)30-17-31-27(20)32-18-5-6-22(29)21(28)14-18/h3-6,14-17,19H,7-13H2,1-2H3,(H,33,35)(H,30,31,32). The minimum Gasteiger partial charge on any atom is -0.488 e. The molecule has 1 amide bonds. The van der Waals surface area contributed by atoms with E-state index in [2.05, 4.69) is 20.6 Å². The molecule has 38 heavy (non-hydrogen) atoms. The van der Waals surface area contributed by atoms with Crippen molar-refractivity contribution in [3.8, 4) is 5.75 Å². The average Bonchev–Trinajstić information content (AvgIpc) is 2.91. The molecule has 9 nitrogen and oxygen atoms in total. The largest absolute Gasteiger partial charge is 0.488 e. The fourth-order valence-corrected chi connectivity index (χ4v) is 4.10. The van der Waals surface area contributed by atoms with Crippen LogP contribution >= 0.6 is 11.6 Å². The zero-order valence-electron chi connectivity index (χ0n) is 21.4. The number of fused-ring (bicyclic) bond motifs is 1. The fourth-order valence-electron chi connectivity index (χ4n) is 3.92. The maximum atomic E-state index is 13.6. The maximum absolute atomic E-state index is 13.6. The molecule has 3 aromatic rings. The first-order chi connectivity index (χ1) is 18.4. The summed E-state index contributed by atoms with van der Waals surface area (Å²) in [7, 11) is 3.61. The van der Waals surface area contributed by atoms with E-state index in [0.29, 0.717) is 60.2 Å². The number of nitrogens with zero attached hydrogens (tertiary/aromatic N) is 3. The van der Waals surface area contributed by atoms with Gasteiger partial charge in [0.1, 0.15) is 29.8 Å². The molecule has 2 aromatic carbocycles. The minimum atomic E-state index is -0.511. The highest BCUT2D eigenvalue weighted by atomic mass is 35.5. The Bertz CT molecular complexity index is 1290. The van der Waals surface area contributed by atoms with Gasteiger partial charge >= 0.3 is 0 Å². The predicted molar refractivity (Wildman–Crippen MR) is 146 cm³/mol. The smallest absolute Gasteiger partial charge is 0.248 e. The van der Waals surface area contributed by atoms with E-state index in [1.54, 1.807) is 31.4 Å². The summed E-state index contributed by atoms with van der Waals surface area (Å²) in [5, 5.41) is 6.73. The third-order valence-electron chi connectivity index (χ3n) is 6.00. The molecule has 4 rings (SSSR count). The molecule has 202 valence electrons. The van der Waals surface area contributed by atoms with E-state index in [9.17, 15) is 9.18 Å². The molecule has 2 N–H and O–H groups in total. The molecule has 0 atom stereocenters. The van der Waals surface area contributed by atoms with E-state index in [0.717, 1.165) is 19.4 Å². The zero-order chi connectivity index (χ0) is 26.9. The molecule has 1 aliphatic heterocycles. The number of ether oxygens (including phenoxy) is 3.